The summed E-state index contributed by atoms with van der Waals surface area (Å²) in [6, 6.07) is 15.8. The molecule has 3 heterocycles. The van der Waals surface area contributed by atoms with Crippen molar-refractivity contribution in [1.82, 2.24) is 35.4 Å². The lowest BCUT2D eigenvalue weighted by atomic mass is 9.87. The Morgan fingerprint density at radius 1 is 0.866 bits per heavy atom. The van der Waals surface area contributed by atoms with Crippen molar-refractivity contribution in [2.45, 2.75) is 123 Å². The number of morpholine rings is 1. The van der Waals surface area contributed by atoms with Crippen LogP contribution in [0.15, 0.2) is 66.9 Å². The van der Waals surface area contributed by atoms with Crippen LogP contribution in [0.2, 0.25) is 0 Å². The van der Waals surface area contributed by atoms with Gasteiger partial charge in [0.25, 0.3) is 0 Å². The zero-order chi connectivity index (χ0) is 48.7. The number of benzene rings is 2. The van der Waals surface area contributed by atoms with Crippen LogP contribution in [0.25, 0.3) is 0 Å². The zero-order valence-electron chi connectivity index (χ0n) is 40.5. The predicted molar refractivity (Wildman–Crippen MR) is 249 cm³/mol. The number of ether oxygens (including phenoxy) is 4. The molecule has 67 heavy (non-hydrogen) atoms. The van der Waals surface area contributed by atoms with Gasteiger partial charge in [0.2, 0.25) is 17.7 Å². The summed E-state index contributed by atoms with van der Waals surface area (Å²) in [4.78, 5) is 88.9. The van der Waals surface area contributed by atoms with Crippen LogP contribution in [0.1, 0.15) is 91.0 Å². The van der Waals surface area contributed by atoms with Gasteiger partial charge in [-0.25, -0.2) is 4.79 Å². The van der Waals surface area contributed by atoms with E-state index in [4.69, 9.17) is 18.9 Å². The number of carbonyl (C=O) groups excluding carboxylic acids is 6. The van der Waals surface area contributed by atoms with Crippen LogP contribution >= 0.6 is 0 Å². The molecule has 1 aromatic heterocycles. The topological polar surface area (TPSA) is 204 Å². The summed E-state index contributed by atoms with van der Waals surface area (Å²) in [6.07, 6.45) is 2.66. The number of epoxide rings is 1. The van der Waals surface area contributed by atoms with Gasteiger partial charge >= 0.3 is 5.97 Å². The maximum atomic E-state index is 14.9. The minimum Gasteiger partial charge on any atom is -0.442 e. The molecule has 0 radical (unpaired) electrons. The van der Waals surface area contributed by atoms with Crippen molar-refractivity contribution >= 4 is 35.3 Å². The summed E-state index contributed by atoms with van der Waals surface area (Å²) in [6.45, 7) is 14.1. The first-order chi connectivity index (χ1) is 31.8. The van der Waals surface area contributed by atoms with Crippen LogP contribution in [0.4, 0.5) is 0 Å². The van der Waals surface area contributed by atoms with E-state index >= 15 is 0 Å². The molecule has 2 aliphatic rings. The average molecular weight is 930 g/mol. The van der Waals surface area contributed by atoms with Crippen LogP contribution < -0.4 is 10.6 Å². The molecule has 2 N–H and O–H groups in total. The molecule has 0 unspecified atom stereocenters. The van der Waals surface area contributed by atoms with E-state index in [9.17, 15) is 28.8 Å². The van der Waals surface area contributed by atoms with Crippen LogP contribution in [0, 0.1) is 17.8 Å². The number of aryl methyl sites for hydroxylation is 2. The Balaban J connectivity index is 1.42. The van der Waals surface area contributed by atoms with Crippen molar-refractivity contribution in [3.63, 3.8) is 0 Å². The summed E-state index contributed by atoms with van der Waals surface area (Å²) >= 11 is 0. The average Bonchev–Trinajstić information content (AvgIpc) is 3.92. The fraction of sp³-hybridized carbons (Fsp3) is 0.600. The normalized spacial score (nSPS) is 18.1. The van der Waals surface area contributed by atoms with Gasteiger partial charge < -0.3 is 29.6 Å². The van der Waals surface area contributed by atoms with Crippen LogP contribution in [0.3, 0.4) is 0 Å². The quantitative estimate of drug-likeness (QED) is 0.0632. The molecule has 2 aliphatic heterocycles. The standard InChI is InChI=1S/C50H71N7O10/c1-34(2)25-40(43(58)28-38(27-37-17-13-10-14-18-37)46(61)53-41(26-35(3)4)45(60)50(7)32-67-50)52-47(62)42(20-19-36-15-11-9-12-16-36)57(44(59)30-56-21-23-64-24-22-56)33-65-48(63)49(5,6)66-31-39-29-51-54-55(39)8/h9-18,29,34-35,38,40-42H,19-28,30-33H2,1-8H3,(H,52,62)(H,53,61)/t38-,40+,41+,42+,50-/m1/s1. The van der Waals surface area contributed by atoms with Gasteiger partial charge in [0.15, 0.2) is 23.9 Å². The highest BCUT2D eigenvalue weighted by Crippen LogP contribution is 2.30. The number of esters is 1. The summed E-state index contributed by atoms with van der Waals surface area (Å²) < 4.78 is 24.3. The van der Waals surface area contributed by atoms with E-state index in [1.165, 1.54) is 15.8 Å². The SMILES string of the molecule is CC(C)C[C@H](NC(=O)[C@H](CCc1ccccc1)N(COC(=O)C(C)(C)OCc1cnnn1C)C(=O)CN1CCOCC1)C(=O)C[C@@H](Cc1ccccc1)C(=O)N[C@@H](CC(C)C)C(=O)[C@@]1(C)CO1. The highest BCUT2D eigenvalue weighted by atomic mass is 16.6. The second-order valence-electron chi connectivity index (χ2n) is 19.3. The van der Waals surface area contributed by atoms with Gasteiger partial charge in [-0.3, -0.25) is 38.5 Å². The number of amides is 3. The number of aromatic nitrogens is 3. The Kier molecular flexibility index (Phi) is 19.3. The molecule has 2 fully saturated rings. The summed E-state index contributed by atoms with van der Waals surface area (Å²) in [5.41, 5.74) is -0.0516. The van der Waals surface area contributed by atoms with E-state index in [0.29, 0.717) is 44.8 Å². The molecule has 0 saturated carbocycles. The van der Waals surface area contributed by atoms with E-state index in [0.717, 1.165) is 11.1 Å². The van der Waals surface area contributed by atoms with E-state index in [-0.39, 0.29) is 68.8 Å². The largest absolute Gasteiger partial charge is 0.442 e. The lowest BCUT2D eigenvalue weighted by Gasteiger charge is -2.35. The summed E-state index contributed by atoms with van der Waals surface area (Å²) in [7, 11) is 1.70. The number of nitrogens with one attached hydrogen (secondary N) is 2. The molecule has 366 valence electrons. The summed E-state index contributed by atoms with van der Waals surface area (Å²) in [5.74, 6) is -3.69. The number of hydrogen-bond donors (Lipinski definition) is 2. The minimum atomic E-state index is -1.46. The third-order valence-corrected chi connectivity index (χ3v) is 12.2. The number of hydrogen-bond acceptors (Lipinski definition) is 13. The fourth-order valence-electron chi connectivity index (χ4n) is 7.97. The van der Waals surface area contributed by atoms with Gasteiger partial charge in [0.05, 0.1) is 56.9 Å². The Bertz CT molecular complexity index is 2100. The van der Waals surface area contributed by atoms with E-state index in [1.807, 2.05) is 93.3 Å². The Labute approximate surface area is 395 Å². The minimum absolute atomic E-state index is 0.0115. The van der Waals surface area contributed by atoms with Crippen molar-refractivity contribution in [3.8, 4) is 0 Å². The number of carbonyl (C=O) groups is 6. The fourth-order valence-corrected chi connectivity index (χ4v) is 7.97. The molecular weight excluding hydrogens is 859 g/mol. The van der Waals surface area contributed by atoms with Crippen molar-refractivity contribution in [2.24, 2.45) is 24.8 Å². The van der Waals surface area contributed by atoms with Crippen LogP contribution in [-0.4, -0.2) is 136 Å². The third-order valence-electron chi connectivity index (χ3n) is 12.2. The lowest BCUT2D eigenvalue weighted by molar-refractivity contribution is -0.178. The highest BCUT2D eigenvalue weighted by molar-refractivity contribution is 5.98. The van der Waals surface area contributed by atoms with Crippen molar-refractivity contribution < 1.29 is 47.7 Å². The zero-order valence-corrected chi connectivity index (χ0v) is 40.5. The van der Waals surface area contributed by atoms with Gasteiger partial charge in [-0.2, -0.15) is 0 Å². The molecule has 5 atom stereocenters. The molecule has 0 bridgehead atoms. The maximum absolute atomic E-state index is 14.9. The number of ketones is 2. The van der Waals surface area contributed by atoms with Crippen molar-refractivity contribution in [1.29, 1.82) is 0 Å². The second kappa shape index (κ2) is 24.6. The molecule has 2 aromatic carbocycles. The Morgan fingerprint density at radius 3 is 2.04 bits per heavy atom. The molecule has 5 rings (SSSR count). The molecule has 3 amide bonds. The van der Waals surface area contributed by atoms with Gasteiger partial charge in [-0.05, 0) is 75.8 Å². The first kappa shape index (κ1) is 52.6. The number of nitrogens with zero attached hydrogens (tertiary/aromatic N) is 5. The second-order valence-corrected chi connectivity index (χ2v) is 19.3. The number of Topliss-reactive ketones (excluding diaryl/α,β-unsaturated/α-hetero) is 2. The van der Waals surface area contributed by atoms with Gasteiger partial charge in [-0.15, -0.1) is 5.10 Å². The predicted octanol–water partition coefficient (Wildman–Crippen LogP) is 4.01. The van der Waals surface area contributed by atoms with Crippen molar-refractivity contribution in [2.75, 3.05) is 46.2 Å². The van der Waals surface area contributed by atoms with Gasteiger partial charge in [0.1, 0.15) is 11.6 Å². The molecule has 3 aromatic rings. The van der Waals surface area contributed by atoms with E-state index in [1.54, 1.807) is 27.8 Å². The van der Waals surface area contributed by atoms with Crippen LogP contribution in [-0.2, 0) is 74.2 Å². The van der Waals surface area contributed by atoms with Crippen molar-refractivity contribution in [3.05, 3.63) is 83.7 Å². The smallest absolute Gasteiger partial charge is 0.339 e. The first-order valence-electron chi connectivity index (χ1n) is 23.5. The maximum Gasteiger partial charge on any atom is 0.339 e. The lowest BCUT2D eigenvalue weighted by Crippen LogP contribution is -2.57. The van der Waals surface area contributed by atoms with Gasteiger partial charge in [-0.1, -0.05) is 93.6 Å². The van der Waals surface area contributed by atoms with Crippen LogP contribution in [0.5, 0.6) is 0 Å². The third kappa shape index (κ3) is 16.1. The van der Waals surface area contributed by atoms with Gasteiger partial charge in [0, 0.05) is 32.5 Å². The Morgan fingerprint density at radius 2 is 1.46 bits per heavy atom. The van der Waals surface area contributed by atoms with E-state index < -0.39 is 65.7 Å². The highest BCUT2D eigenvalue weighted by Gasteiger charge is 2.50. The first-order valence-corrected chi connectivity index (χ1v) is 23.5. The molecular formula is C50H71N7O10. The summed E-state index contributed by atoms with van der Waals surface area (Å²) in [5, 5.41) is 13.8. The molecule has 2 saturated heterocycles. The van der Waals surface area contributed by atoms with E-state index in [2.05, 4.69) is 20.9 Å². The molecule has 0 spiro atoms. The number of rotatable bonds is 27. The molecule has 0 aliphatic carbocycles. The molecule has 17 heteroatoms. The monoisotopic (exact) mass is 930 g/mol. The molecule has 17 nitrogen and oxygen atoms in total. The Hall–Kier alpha value is -5.36.